The van der Waals surface area contributed by atoms with Gasteiger partial charge in [0, 0.05) is 37.3 Å². The molecule has 30 heavy (non-hydrogen) atoms. The van der Waals surface area contributed by atoms with Gasteiger partial charge in [0.25, 0.3) is 5.91 Å². The van der Waals surface area contributed by atoms with Crippen molar-refractivity contribution in [1.29, 1.82) is 0 Å². The molecule has 2 fully saturated rings. The van der Waals surface area contributed by atoms with Crippen LogP contribution in [0, 0.1) is 0 Å². The van der Waals surface area contributed by atoms with Crippen LogP contribution in [0.5, 0.6) is 0 Å². The van der Waals surface area contributed by atoms with Gasteiger partial charge in [-0.05, 0) is 58.2 Å². The summed E-state index contributed by atoms with van der Waals surface area (Å²) in [7, 11) is 0. The molecule has 0 aliphatic carbocycles. The molecule has 2 saturated heterocycles. The van der Waals surface area contributed by atoms with E-state index >= 15 is 0 Å². The number of aliphatic imine (C=N–C) groups is 1. The van der Waals surface area contributed by atoms with E-state index in [1.165, 1.54) is 0 Å². The molecule has 2 aliphatic rings. The highest BCUT2D eigenvalue weighted by molar-refractivity contribution is 5.94. The van der Waals surface area contributed by atoms with Crippen molar-refractivity contribution in [3.8, 4) is 0 Å². The van der Waals surface area contributed by atoms with Gasteiger partial charge < -0.3 is 25.0 Å². The van der Waals surface area contributed by atoms with E-state index in [2.05, 4.69) is 22.5 Å². The van der Waals surface area contributed by atoms with E-state index in [0.29, 0.717) is 18.7 Å². The third-order valence-electron chi connectivity index (χ3n) is 5.20. The van der Waals surface area contributed by atoms with Crippen molar-refractivity contribution in [3.63, 3.8) is 0 Å². The van der Waals surface area contributed by atoms with Crippen LogP contribution < -0.4 is 10.6 Å². The molecule has 0 bridgehead atoms. The highest BCUT2D eigenvalue weighted by atomic mass is 16.5. The number of hydrogen-bond acceptors (Lipinski definition) is 4. The maximum absolute atomic E-state index is 12.5. The van der Waals surface area contributed by atoms with E-state index in [0.717, 1.165) is 50.6 Å². The number of guanidine groups is 1. The first-order valence-corrected chi connectivity index (χ1v) is 11.0. The van der Waals surface area contributed by atoms with Gasteiger partial charge in [0.2, 0.25) is 0 Å². The van der Waals surface area contributed by atoms with Gasteiger partial charge in [0.1, 0.15) is 6.10 Å². The quantitative estimate of drug-likeness (QED) is 0.570. The molecule has 2 N–H and O–H groups in total. The third-order valence-corrected chi connectivity index (χ3v) is 5.20. The maximum atomic E-state index is 12.5. The van der Waals surface area contributed by atoms with Crippen LogP contribution in [0.1, 0.15) is 56.5 Å². The van der Waals surface area contributed by atoms with Crippen LogP contribution in [0.15, 0.2) is 29.3 Å². The maximum Gasteiger partial charge on any atom is 0.251 e. The van der Waals surface area contributed by atoms with Gasteiger partial charge in [-0.1, -0.05) is 12.1 Å². The standard InChI is InChI=1S/C23H36N4O3/c1-5-24-22(27-11-13-30-20(16-27)19-10-7-12-29-19)25-15-17-8-6-9-18(14-17)21(28)26-23(2,3)4/h6,8-9,14,19-20H,5,7,10-13,15-16H2,1-4H3,(H,24,25)(H,26,28). The van der Waals surface area contributed by atoms with Gasteiger partial charge >= 0.3 is 0 Å². The molecule has 166 valence electrons. The Kier molecular flexibility index (Phi) is 7.72. The van der Waals surface area contributed by atoms with Crippen molar-refractivity contribution in [3.05, 3.63) is 35.4 Å². The minimum Gasteiger partial charge on any atom is -0.375 e. The normalized spacial score (nSPS) is 22.8. The molecule has 2 atom stereocenters. The number of amides is 1. The van der Waals surface area contributed by atoms with Crippen LogP contribution in [0.3, 0.4) is 0 Å². The number of benzene rings is 1. The highest BCUT2D eigenvalue weighted by Crippen LogP contribution is 2.21. The first-order valence-electron chi connectivity index (χ1n) is 11.0. The molecule has 0 spiro atoms. The zero-order valence-electron chi connectivity index (χ0n) is 18.7. The summed E-state index contributed by atoms with van der Waals surface area (Å²) in [5, 5.41) is 6.41. The number of morpholine rings is 1. The second-order valence-electron chi connectivity index (χ2n) is 8.98. The lowest BCUT2D eigenvalue weighted by Crippen LogP contribution is -2.53. The van der Waals surface area contributed by atoms with Crippen LogP contribution in [0.2, 0.25) is 0 Å². The smallest absolute Gasteiger partial charge is 0.251 e. The van der Waals surface area contributed by atoms with Crippen LogP contribution in [0.4, 0.5) is 0 Å². The van der Waals surface area contributed by atoms with E-state index in [-0.39, 0.29) is 23.7 Å². The fraction of sp³-hybridized carbons (Fsp3) is 0.652. The molecule has 0 saturated carbocycles. The molecule has 1 aromatic rings. The minimum absolute atomic E-state index is 0.0622. The Morgan fingerprint density at radius 3 is 2.73 bits per heavy atom. The number of hydrogen-bond donors (Lipinski definition) is 2. The Balaban J connectivity index is 1.67. The molecule has 0 radical (unpaired) electrons. The van der Waals surface area contributed by atoms with Gasteiger partial charge in [-0.15, -0.1) is 0 Å². The summed E-state index contributed by atoms with van der Waals surface area (Å²) < 4.78 is 11.8. The number of carbonyl (C=O) groups is 1. The summed E-state index contributed by atoms with van der Waals surface area (Å²) in [6, 6.07) is 7.68. The Bertz CT molecular complexity index is 738. The zero-order valence-corrected chi connectivity index (χ0v) is 18.7. The number of carbonyl (C=O) groups excluding carboxylic acids is 1. The largest absolute Gasteiger partial charge is 0.375 e. The molecule has 1 aromatic carbocycles. The molecule has 2 heterocycles. The van der Waals surface area contributed by atoms with E-state index in [1.807, 2.05) is 45.0 Å². The third kappa shape index (κ3) is 6.44. The molecule has 1 amide bonds. The van der Waals surface area contributed by atoms with Crippen molar-refractivity contribution in [2.24, 2.45) is 4.99 Å². The zero-order chi connectivity index (χ0) is 21.6. The molecule has 7 heteroatoms. The average Bonchev–Trinajstić information content (AvgIpc) is 3.25. The predicted octanol–water partition coefficient (Wildman–Crippen LogP) is 2.56. The molecule has 0 aromatic heterocycles. The van der Waals surface area contributed by atoms with Gasteiger partial charge in [0.15, 0.2) is 5.96 Å². The summed E-state index contributed by atoms with van der Waals surface area (Å²) in [5.41, 5.74) is 1.41. The SMILES string of the molecule is CCNC(=NCc1cccc(C(=O)NC(C)(C)C)c1)N1CCOC(C2CCCO2)C1. The van der Waals surface area contributed by atoms with Crippen molar-refractivity contribution in [2.45, 2.75) is 64.8 Å². The summed E-state index contributed by atoms with van der Waals surface area (Å²) >= 11 is 0. The number of rotatable bonds is 5. The molecule has 2 unspecified atom stereocenters. The lowest BCUT2D eigenvalue weighted by Gasteiger charge is -2.37. The Hall–Kier alpha value is -2.12. The van der Waals surface area contributed by atoms with Crippen molar-refractivity contribution < 1.29 is 14.3 Å². The highest BCUT2D eigenvalue weighted by Gasteiger charge is 2.32. The second-order valence-corrected chi connectivity index (χ2v) is 8.98. The predicted molar refractivity (Wildman–Crippen MR) is 119 cm³/mol. The fourth-order valence-electron chi connectivity index (χ4n) is 3.80. The summed E-state index contributed by atoms with van der Waals surface area (Å²) in [5.74, 6) is 0.821. The fourth-order valence-corrected chi connectivity index (χ4v) is 3.80. The topological polar surface area (TPSA) is 75.2 Å². The minimum atomic E-state index is -0.265. The van der Waals surface area contributed by atoms with E-state index in [4.69, 9.17) is 14.5 Å². The van der Waals surface area contributed by atoms with Crippen molar-refractivity contribution in [2.75, 3.05) is 32.8 Å². The number of nitrogens with one attached hydrogen (secondary N) is 2. The Labute approximate surface area is 180 Å². The lowest BCUT2D eigenvalue weighted by atomic mass is 10.1. The van der Waals surface area contributed by atoms with Gasteiger partial charge in [0.05, 0.1) is 19.3 Å². The van der Waals surface area contributed by atoms with Crippen LogP contribution >= 0.6 is 0 Å². The summed E-state index contributed by atoms with van der Waals surface area (Å²) in [4.78, 5) is 19.6. The molecular weight excluding hydrogens is 380 g/mol. The summed E-state index contributed by atoms with van der Waals surface area (Å²) in [6.07, 6.45) is 2.45. The first-order chi connectivity index (χ1) is 14.4. The van der Waals surface area contributed by atoms with E-state index in [1.54, 1.807) is 0 Å². The van der Waals surface area contributed by atoms with Crippen LogP contribution in [-0.4, -0.2) is 67.4 Å². The Morgan fingerprint density at radius 2 is 2.03 bits per heavy atom. The lowest BCUT2D eigenvalue weighted by molar-refractivity contribution is -0.0817. The van der Waals surface area contributed by atoms with Crippen molar-refractivity contribution in [1.82, 2.24) is 15.5 Å². The van der Waals surface area contributed by atoms with Gasteiger partial charge in [-0.2, -0.15) is 0 Å². The van der Waals surface area contributed by atoms with E-state index in [9.17, 15) is 4.79 Å². The number of nitrogens with zero attached hydrogens (tertiary/aromatic N) is 2. The van der Waals surface area contributed by atoms with Crippen LogP contribution in [-0.2, 0) is 16.0 Å². The molecule has 7 nitrogen and oxygen atoms in total. The van der Waals surface area contributed by atoms with Gasteiger partial charge in [-0.3, -0.25) is 4.79 Å². The monoisotopic (exact) mass is 416 g/mol. The number of ether oxygens (including phenoxy) is 2. The van der Waals surface area contributed by atoms with Crippen molar-refractivity contribution >= 4 is 11.9 Å². The summed E-state index contributed by atoms with van der Waals surface area (Å²) in [6.45, 7) is 12.4. The molecule has 2 aliphatic heterocycles. The van der Waals surface area contributed by atoms with Gasteiger partial charge in [-0.25, -0.2) is 4.99 Å². The first kappa shape index (κ1) is 22.6. The molecule has 3 rings (SSSR count). The van der Waals surface area contributed by atoms with E-state index < -0.39 is 0 Å². The average molecular weight is 417 g/mol. The second kappa shape index (κ2) is 10.3. The molecular formula is C23H36N4O3. The Morgan fingerprint density at radius 1 is 1.23 bits per heavy atom. The van der Waals surface area contributed by atoms with Crippen LogP contribution in [0.25, 0.3) is 0 Å².